The van der Waals surface area contributed by atoms with E-state index in [1.807, 2.05) is 6.07 Å². The minimum absolute atomic E-state index is 0.0897. The van der Waals surface area contributed by atoms with Gasteiger partial charge in [-0.25, -0.2) is 0 Å². The second kappa shape index (κ2) is 4.06. The summed E-state index contributed by atoms with van der Waals surface area (Å²) in [5.41, 5.74) is 0. The number of hydrogen-bond donors (Lipinski definition) is 0. The van der Waals surface area contributed by atoms with Gasteiger partial charge in [0.2, 0.25) is 6.54 Å². The van der Waals surface area contributed by atoms with E-state index in [0.29, 0.717) is 6.42 Å². The van der Waals surface area contributed by atoms with Crippen LogP contribution in [0.5, 0.6) is 0 Å². The molecule has 0 heterocycles. The minimum atomic E-state index is -0.419. The van der Waals surface area contributed by atoms with Crippen LogP contribution in [0, 0.1) is 21.4 Å². The highest BCUT2D eigenvalue weighted by Gasteiger charge is 1.92. The van der Waals surface area contributed by atoms with Gasteiger partial charge >= 0.3 is 0 Å². The predicted molar refractivity (Wildman–Crippen MR) is 26.7 cm³/mol. The lowest BCUT2D eigenvalue weighted by atomic mass is 10.3. The third-order valence-corrected chi connectivity index (χ3v) is 0.629. The molecule has 44 valence electrons. The fourth-order valence-electron chi connectivity index (χ4n) is 0.287. The molecule has 0 radical (unpaired) electrons. The third kappa shape index (κ3) is 4.89. The summed E-state index contributed by atoms with van der Waals surface area (Å²) in [6, 6.07) is 1.82. The van der Waals surface area contributed by atoms with Crippen LogP contribution in [0.3, 0.4) is 0 Å². The largest absolute Gasteiger partial charge is 0.265 e. The van der Waals surface area contributed by atoms with Gasteiger partial charge in [0.15, 0.2) is 0 Å². The summed E-state index contributed by atoms with van der Waals surface area (Å²) in [6.45, 7) is -0.0897. The van der Waals surface area contributed by atoms with E-state index in [0.717, 1.165) is 0 Å². The first kappa shape index (κ1) is 6.89. The van der Waals surface area contributed by atoms with E-state index in [9.17, 15) is 10.1 Å². The number of nitrogens with zero attached hydrogens (tertiary/aromatic N) is 2. The van der Waals surface area contributed by atoms with Gasteiger partial charge in [0, 0.05) is 17.8 Å². The number of nitro groups is 1. The molecule has 0 saturated heterocycles. The second-order valence-corrected chi connectivity index (χ2v) is 1.32. The molecule has 0 aliphatic heterocycles. The van der Waals surface area contributed by atoms with Crippen molar-refractivity contribution >= 4 is 0 Å². The van der Waals surface area contributed by atoms with Gasteiger partial charge in [-0.3, -0.25) is 10.1 Å². The highest BCUT2D eigenvalue weighted by molar-refractivity contribution is 4.67. The lowest BCUT2D eigenvalue weighted by Crippen LogP contribution is -1.98. The standard InChI is InChI=1S/C4H6N2O2/c5-3-1-2-4-6(7)8/h1-2,4H2. The number of rotatable bonds is 3. The molecule has 0 atom stereocenters. The van der Waals surface area contributed by atoms with Crippen molar-refractivity contribution < 1.29 is 4.92 Å². The van der Waals surface area contributed by atoms with Crippen molar-refractivity contribution in [2.45, 2.75) is 12.8 Å². The minimum Gasteiger partial charge on any atom is -0.265 e. The average Bonchev–Trinajstić information content (AvgIpc) is 1.66. The van der Waals surface area contributed by atoms with Gasteiger partial charge in [0.05, 0.1) is 6.07 Å². The van der Waals surface area contributed by atoms with Crippen molar-refractivity contribution in [1.82, 2.24) is 0 Å². The summed E-state index contributed by atoms with van der Waals surface area (Å²) >= 11 is 0. The average molecular weight is 114 g/mol. The topological polar surface area (TPSA) is 66.9 Å². The van der Waals surface area contributed by atoms with Gasteiger partial charge in [0.25, 0.3) is 0 Å². The summed E-state index contributed by atoms with van der Waals surface area (Å²) in [7, 11) is 0. The molecule has 4 nitrogen and oxygen atoms in total. The normalized spacial score (nSPS) is 7.88. The van der Waals surface area contributed by atoms with Crippen molar-refractivity contribution in [1.29, 1.82) is 5.26 Å². The van der Waals surface area contributed by atoms with E-state index < -0.39 is 4.92 Å². The van der Waals surface area contributed by atoms with Crippen LogP contribution in [0.15, 0.2) is 0 Å². The molecule has 0 unspecified atom stereocenters. The maximum absolute atomic E-state index is 9.57. The molecule has 0 aliphatic rings. The lowest BCUT2D eigenvalue weighted by Gasteiger charge is -1.83. The Morgan fingerprint density at radius 1 is 1.75 bits per heavy atom. The summed E-state index contributed by atoms with van der Waals surface area (Å²) in [5, 5.41) is 17.5. The summed E-state index contributed by atoms with van der Waals surface area (Å²) in [4.78, 5) is 9.15. The molecular formula is C4H6N2O2. The first-order valence-electron chi connectivity index (χ1n) is 2.26. The molecular weight excluding hydrogens is 108 g/mol. The fraction of sp³-hybridized carbons (Fsp3) is 0.750. The van der Waals surface area contributed by atoms with Crippen LogP contribution in [0.2, 0.25) is 0 Å². The molecule has 0 N–H and O–H groups in total. The third-order valence-electron chi connectivity index (χ3n) is 0.629. The van der Waals surface area contributed by atoms with Gasteiger partial charge < -0.3 is 0 Å². The highest BCUT2D eigenvalue weighted by Crippen LogP contribution is 1.84. The van der Waals surface area contributed by atoms with Crippen LogP contribution in [-0.4, -0.2) is 11.5 Å². The molecule has 4 heteroatoms. The lowest BCUT2D eigenvalue weighted by molar-refractivity contribution is -0.480. The fourth-order valence-corrected chi connectivity index (χ4v) is 0.287. The van der Waals surface area contributed by atoms with Crippen molar-refractivity contribution in [3.63, 3.8) is 0 Å². The summed E-state index contributed by atoms with van der Waals surface area (Å²) < 4.78 is 0. The van der Waals surface area contributed by atoms with Crippen LogP contribution < -0.4 is 0 Å². The van der Waals surface area contributed by atoms with Crippen molar-refractivity contribution in [2.24, 2.45) is 0 Å². The molecule has 0 amide bonds. The quantitative estimate of drug-likeness (QED) is 0.306. The molecule has 0 aromatic heterocycles. The Morgan fingerprint density at radius 3 is 2.75 bits per heavy atom. The van der Waals surface area contributed by atoms with Crippen molar-refractivity contribution in [3.8, 4) is 6.07 Å². The van der Waals surface area contributed by atoms with Gasteiger partial charge in [-0.15, -0.1) is 0 Å². The number of nitriles is 1. The van der Waals surface area contributed by atoms with Gasteiger partial charge in [-0.1, -0.05) is 0 Å². The van der Waals surface area contributed by atoms with Gasteiger partial charge in [0.1, 0.15) is 0 Å². The van der Waals surface area contributed by atoms with Crippen LogP contribution in [0.1, 0.15) is 12.8 Å². The van der Waals surface area contributed by atoms with Crippen LogP contribution in [-0.2, 0) is 0 Å². The zero-order valence-corrected chi connectivity index (χ0v) is 4.33. The Morgan fingerprint density at radius 2 is 2.38 bits per heavy atom. The number of unbranched alkanes of at least 4 members (excludes halogenated alkanes) is 1. The molecule has 0 aromatic rings. The Hall–Kier alpha value is -1.11. The monoisotopic (exact) mass is 114 g/mol. The van der Waals surface area contributed by atoms with Crippen LogP contribution in [0.25, 0.3) is 0 Å². The smallest absolute Gasteiger partial charge is 0.204 e. The maximum atomic E-state index is 9.57. The summed E-state index contributed by atoms with van der Waals surface area (Å²) in [6.07, 6.45) is 0.643. The Kier molecular flexibility index (Phi) is 3.50. The molecule has 0 aliphatic carbocycles. The van der Waals surface area contributed by atoms with Crippen LogP contribution in [0.4, 0.5) is 0 Å². The number of hydrogen-bond acceptors (Lipinski definition) is 3. The summed E-state index contributed by atoms with van der Waals surface area (Å²) in [5.74, 6) is 0. The molecule has 0 rings (SSSR count). The Labute approximate surface area is 46.9 Å². The zero-order chi connectivity index (χ0) is 6.41. The van der Waals surface area contributed by atoms with E-state index in [1.165, 1.54) is 0 Å². The predicted octanol–water partition coefficient (Wildman–Crippen LogP) is 0.567. The molecule has 0 spiro atoms. The maximum Gasteiger partial charge on any atom is 0.204 e. The Bertz CT molecular complexity index is 116. The zero-order valence-electron chi connectivity index (χ0n) is 4.33. The van der Waals surface area contributed by atoms with E-state index in [4.69, 9.17) is 5.26 Å². The highest BCUT2D eigenvalue weighted by atomic mass is 16.6. The van der Waals surface area contributed by atoms with Crippen molar-refractivity contribution in [2.75, 3.05) is 6.54 Å². The first-order chi connectivity index (χ1) is 3.77. The van der Waals surface area contributed by atoms with Gasteiger partial charge in [-0.2, -0.15) is 5.26 Å². The molecule has 8 heavy (non-hydrogen) atoms. The second-order valence-electron chi connectivity index (χ2n) is 1.32. The Balaban J connectivity index is 2.97. The van der Waals surface area contributed by atoms with E-state index in [1.54, 1.807) is 0 Å². The SMILES string of the molecule is N#CCCC[N+](=O)[O-]. The van der Waals surface area contributed by atoms with Crippen molar-refractivity contribution in [3.05, 3.63) is 10.1 Å². The molecule has 0 saturated carbocycles. The molecule has 0 fully saturated rings. The van der Waals surface area contributed by atoms with Gasteiger partial charge in [-0.05, 0) is 0 Å². The van der Waals surface area contributed by atoms with E-state index in [2.05, 4.69) is 0 Å². The molecule has 0 bridgehead atoms. The van der Waals surface area contributed by atoms with E-state index >= 15 is 0 Å². The first-order valence-corrected chi connectivity index (χ1v) is 2.26. The molecule has 0 aromatic carbocycles. The van der Waals surface area contributed by atoms with Crippen LogP contribution >= 0.6 is 0 Å². The van der Waals surface area contributed by atoms with E-state index in [-0.39, 0.29) is 13.0 Å².